The van der Waals surface area contributed by atoms with E-state index in [0.29, 0.717) is 34.7 Å². The number of benzene rings is 2. The van der Waals surface area contributed by atoms with Gasteiger partial charge >= 0.3 is 0 Å². The lowest BCUT2D eigenvalue weighted by Crippen LogP contribution is -2.37. The highest BCUT2D eigenvalue weighted by Crippen LogP contribution is 2.38. The van der Waals surface area contributed by atoms with Crippen molar-refractivity contribution in [2.45, 2.75) is 13.3 Å². The van der Waals surface area contributed by atoms with Crippen molar-refractivity contribution < 1.29 is 23.8 Å². The van der Waals surface area contributed by atoms with E-state index in [-0.39, 0.29) is 5.69 Å². The van der Waals surface area contributed by atoms with Gasteiger partial charge in [-0.15, -0.1) is 0 Å². The van der Waals surface area contributed by atoms with Crippen molar-refractivity contribution in [3.63, 3.8) is 0 Å². The molecule has 2 aromatic carbocycles. The molecular weight excluding hydrogens is 413 g/mol. The van der Waals surface area contributed by atoms with Gasteiger partial charge in [0.15, 0.2) is 11.5 Å². The van der Waals surface area contributed by atoms with Gasteiger partial charge in [-0.3, -0.25) is 15.1 Å². The number of morpholine rings is 1. The number of rotatable bonds is 8. The Morgan fingerprint density at radius 2 is 1.94 bits per heavy atom. The zero-order valence-corrected chi connectivity index (χ0v) is 18.4. The van der Waals surface area contributed by atoms with Crippen molar-refractivity contribution in [3.05, 3.63) is 54.0 Å². The van der Waals surface area contributed by atoms with Crippen LogP contribution in [0.15, 0.2) is 42.6 Å². The third-order valence-corrected chi connectivity index (χ3v) is 5.54. The van der Waals surface area contributed by atoms with Gasteiger partial charge in [0.2, 0.25) is 0 Å². The quantitative estimate of drug-likeness (QED) is 0.412. The first-order chi connectivity index (χ1) is 15.6. The van der Waals surface area contributed by atoms with Crippen molar-refractivity contribution in [3.8, 4) is 11.5 Å². The average Bonchev–Trinajstić information content (AvgIpc) is 2.81. The highest BCUT2D eigenvalue weighted by Gasteiger charge is 2.17. The van der Waals surface area contributed by atoms with Crippen LogP contribution in [0.25, 0.3) is 10.9 Å². The molecule has 0 radical (unpaired) electrons. The first kappa shape index (κ1) is 22.3. The fourth-order valence-electron chi connectivity index (χ4n) is 3.80. The van der Waals surface area contributed by atoms with Crippen molar-refractivity contribution >= 4 is 22.3 Å². The summed E-state index contributed by atoms with van der Waals surface area (Å²) in [6, 6.07) is 9.83. The number of halogens is 1. The number of ether oxygens (including phenoxy) is 3. The summed E-state index contributed by atoms with van der Waals surface area (Å²) in [7, 11) is 1.56. The van der Waals surface area contributed by atoms with Gasteiger partial charge in [-0.05, 0) is 43.2 Å². The van der Waals surface area contributed by atoms with Gasteiger partial charge in [0.1, 0.15) is 11.5 Å². The summed E-state index contributed by atoms with van der Waals surface area (Å²) in [4.78, 5) is 6.76. The molecule has 0 aliphatic carbocycles. The predicted molar refractivity (Wildman–Crippen MR) is 121 cm³/mol. The number of nitrogens with zero attached hydrogens (tertiary/aromatic N) is 3. The smallest absolute Gasteiger partial charge is 0.163 e. The van der Waals surface area contributed by atoms with Crippen molar-refractivity contribution in [1.29, 1.82) is 0 Å². The van der Waals surface area contributed by atoms with E-state index in [0.717, 1.165) is 49.9 Å². The van der Waals surface area contributed by atoms with E-state index in [1.54, 1.807) is 50.6 Å². The van der Waals surface area contributed by atoms with Gasteiger partial charge in [0.25, 0.3) is 0 Å². The Morgan fingerprint density at radius 1 is 1.12 bits per heavy atom. The molecule has 7 nitrogen and oxygen atoms in total. The minimum Gasteiger partial charge on any atom is -0.493 e. The molecule has 4 rings (SSSR count). The molecule has 3 aromatic rings. The normalized spacial score (nSPS) is 14.5. The van der Waals surface area contributed by atoms with Crippen LogP contribution in [0.1, 0.15) is 12.0 Å². The minimum absolute atomic E-state index is 0.0607. The maximum Gasteiger partial charge on any atom is 0.163 e. The molecule has 1 aromatic heterocycles. The monoisotopic (exact) mass is 441 g/mol. The van der Waals surface area contributed by atoms with Crippen LogP contribution in [-0.4, -0.2) is 61.7 Å². The molecule has 0 saturated carbocycles. The van der Waals surface area contributed by atoms with Gasteiger partial charge in [-0.25, -0.2) is 9.45 Å². The number of hydrogen-bond acceptors (Lipinski definition) is 7. The Hall–Kier alpha value is -2.94. The second-order valence-corrected chi connectivity index (χ2v) is 7.77. The molecule has 0 amide bonds. The van der Waals surface area contributed by atoms with Crippen molar-refractivity contribution in [2.75, 3.05) is 51.6 Å². The molecule has 32 heavy (non-hydrogen) atoms. The first-order valence-electron chi connectivity index (χ1n) is 10.7. The van der Waals surface area contributed by atoms with E-state index in [2.05, 4.69) is 9.88 Å². The summed E-state index contributed by atoms with van der Waals surface area (Å²) in [6.07, 6.45) is 2.45. The Morgan fingerprint density at radius 3 is 2.69 bits per heavy atom. The molecule has 0 unspecified atom stereocenters. The van der Waals surface area contributed by atoms with E-state index in [4.69, 9.17) is 14.2 Å². The van der Waals surface area contributed by atoms with Gasteiger partial charge in [0, 0.05) is 37.3 Å². The third-order valence-electron chi connectivity index (χ3n) is 5.54. The fourth-order valence-corrected chi connectivity index (χ4v) is 3.80. The molecule has 8 heteroatoms. The molecule has 0 spiro atoms. The zero-order chi connectivity index (χ0) is 22.5. The largest absolute Gasteiger partial charge is 0.493 e. The lowest BCUT2D eigenvalue weighted by molar-refractivity contribution is 0.0357. The van der Waals surface area contributed by atoms with E-state index >= 15 is 0 Å². The van der Waals surface area contributed by atoms with Crippen LogP contribution in [0, 0.1) is 12.7 Å². The standard InChI is InChI=1S/C24H28FN3O4/c1-17-4-5-22(19(25)14-17)28(29)21-6-7-26-20-16-24(23(30-2)15-18(20)21)32-11-3-8-27-9-12-31-13-10-27/h4-7,14-16,29H,3,8-13H2,1-2H3. The van der Waals surface area contributed by atoms with Crippen LogP contribution >= 0.6 is 0 Å². The number of methoxy groups -OCH3 is 1. The molecule has 170 valence electrons. The molecule has 1 aliphatic rings. The van der Waals surface area contributed by atoms with Gasteiger partial charge in [-0.2, -0.15) is 0 Å². The zero-order valence-electron chi connectivity index (χ0n) is 18.4. The lowest BCUT2D eigenvalue weighted by atomic mass is 10.1. The van der Waals surface area contributed by atoms with Crippen LogP contribution in [0.3, 0.4) is 0 Å². The molecule has 1 saturated heterocycles. The number of aryl methyl sites for hydroxylation is 1. The van der Waals surface area contributed by atoms with Gasteiger partial charge in [0.05, 0.1) is 38.1 Å². The van der Waals surface area contributed by atoms with Crippen LogP contribution in [0.5, 0.6) is 11.5 Å². The van der Waals surface area contributed by atoms with Crippen LogP contribution in [-0.2, 0) is 4.74 Å². The number of hydrogen-bond donors (Lipinski definition) is 1. The van der Waals surface area contributed by atoms with Crippen LogP contribution < -0.4 is 14.5 Å². The Balaban J connectivity index is 1.54. The SMILES string of the molecule is COc1cc2c(N(O)c3ccc(C)cc3F)ccnc2cc1OCCCN1CCOCC1. The summed E-state index contributed by atoms with van der Waals surface area (Å²) >= 11 is 0. The number of aromatic nitrogens is 1. The second kappa shape index (κ2) is 10.1. The topological polar surface area (TPSA) is 67.3 Å². The minimum atomic E-state index is -0.510. The molecule has 1 fully saturated rings. The van der Waals surface area contributed by atoms with Crippen LogP contribution in [0.4, 0.5) is 15.8 Å². The predicted octanol–water partition coefficient (Wildman–Crippen LogP) is 4.32. The average molecular weight is 442 g/mol. The highest BCUT2D eigenvalue weighted by atomic mass is 19.1. The summed E-state index contributed by atoms with van der Waals surface area (Å²) < 4.78 is 31.3. The van der Waals surface area contributed by atoms with Gasteiger partial charge in [-0.1, -0.05) is 6.07 Å². The molecular formula is C24H28FN3O4. The lowest BCUT2D eigenvalue weighted by Gasteiger charge is -2.26. The maximum atomic E-state index is 14.4. The number of anilines is 2. The van der Waals surface area contributed by atoms with E-state index in [1.165, 1.54) is 6.07 Å². The molecule has 0 atom stereocenters. The fraction of sp³-hybridized carbons (Fsp3) is 0.375. The first-order valence-corrected chi connectivity index (χ1v) is 10.7. The van der Waals surface area contributed by atoms with Crippen molar-refractivity contribution in [2.24, 2.45) is 0 Å². The van der Waals surface area contributed by atoms with E-state index < -0.39 is 5.82 Å². The van der Waals surface area contributed by atoms with E-state index in [9.17, 15) is 9.60 Å². The number of pyridine rings is 1. The highest BCUT2D eigenvalue weighted by molar-refractivity contribution is 5.95. The molecule has 2 heterocycles. The van der Waals surface area contributed by atoms with E-state index in [1.807, 2.05) is 0 Å². The van der Waals surface area contributed by atoms with Crippen LogP contribution in [0.2, 0.25) is 0 Å². The molecule has 1 aliphatic heterocycles. The van der Waals surface area contributed by atoms with Gasteiger partial charge < -0.3 is 14.2 Å². The Bertz CT molecular complexity index is 1070. The summed E-state index contributed by atoms with van der Waals surface area (Å²) in [5.74, 6) is 0.596. The van der Waals surface area contributed by atoms with Crippen molar-refractivity contribution in [1.82, 2.24) is 9.88 Å². The summed E-state index contributed by atoms with van der Waals surface area (Å²) in [5, 5.41) is 12.2. The summed E-state index contributed by atoms with van der Waals surface area (Å²) in [5.41, 5.74) is 1.84. The Kier molecular flexibility index (Phi) is 7.04. The summed E-state index contributed by atoms with van der Waals surface area (Å²) in [6.45, 7) is 6.74. The maximum absolute atomic E-state index is 14.4. The second-order valence-electron chi connectivity index (χ2n) is 7.77. The third kappa shape index (κ3) is 4.93. The molecule has 0 bridgehead atoms. The molecule has 1 N–H and O–H groups in total. The number of fused-ring (bicyclic) bond motifs is 1. The Labute approximate surface area is 186 Å².